The summed E-state index contributed by atoms with van der Waals surface area (Å²) in [6.45, 7) is 6.36. The van der Waals surface area contributed by atoms with E-state index < -0.39 is 5.97 Å². The number of carbonyl (C=O) groups is 1. The number of aryl methyl sites for hydroxylation is 2. The normalized spacial score (nSPS) is 10.7. The van der Waals surface area contributed by atoms with Crippen LogP contribution in [0.25, 0.3) is 11.0 Å². The zero-order valence-corrected chi connectivity index (χ0v) is 14.7. The topological polar surface area (TPSA) is 64.1 Å². The Labute approximate surface area is 147 Å². The Hall–Kier alpha value is -2.95. The zero-order chi connectivity index (χ0) is 17.8. The number of fused-ring (bicyclic) bond motifs is 1. The molecule has 128 valence electrons. The van der Waals surface area contributed by atoms with E-state index in [2.05, 4.69) is 21.4 Å². The van der Waals surface area contributed by atoms with Gasteiger partial charge in [0.15, 0.2) is 11.5 Å². The van der Waals surface area contributed by atoms with E-state index in [1.54, 1.807) is 0 Å². The summed E-state index contributed by atoms with van der Waals surface area (Å²) >= 11 is 0. The molecule has 0 aliphatic heterocycles. The highest BCUT2D eigenvalue weighted by molar-refractivity contribution is 5.96. The lowest BCUT2D eigenvalue weighted by atomic mass is 10.1. The second-order valence-electron chi connectivity index (χ2n) is 5.99. The first kappa shape index (κ1) is 16.9. The minimum atomic E-state index is -0.465. The Morgan fingerprint density at radius 2 is 1.80 bits per heavy atom. The third kappa shape index (κ3) is 3.76. The smallest absolute Gasteiger partial charge is 0.360 e. The van der Waals surface area contributed by atoms with Crippen LogP contribution in [0.15, 0.2) is 42.5 Å². The number of carbonyl (C=O) groups excluding carboxylic acids is 1. The Bertz CT molecular complexity index is 922. The molecule has 0 radical (unpaired) electrons. The largest absolute Gasteiger partial charge is 0.461 e. The number of esters is 1. The molecule has 0 fully saturated rings. The number of nitrogens with one attached hydrogen (secondary N) is 1. The monoisotopic (exact) mass is 335 g/mol. The van der Waals surface area contributed by atoms with E-state index in [-0.39, 0.29) is 5.69 Å². The molecule has 1 heterocycles. The third-order valence-corrected chi connectivity index (χ3v) is 3.84. The van der Waals surface area contributed by atoms with Gasteiger partial charge in [-0.2, -0.15) is 0 Å². The van der Waals surface area contributed by atoms with Gasteiger partial charge < -0.3 is 10.1 Å². The first-order valence-electron chi connectivity index (χ1n) is 8.36. The maximum atomic E-state index is 12.4. The van der Waals surface area contributed by atoms with Crippen molar-refractivity contribution >= 4 is 28.5 Å². The number of hydrogen-bond donors (Lipinski definition) is 1. The van der Waals surface area contributed by atoms with Crippen molar-refractivity contribution in [2.45, 2.75) is 27.2 Å². The van der Waals surface area contributed by atoms with Gasteiger partial charge in [0.25, 0.3) is 0 Å². The standard InChI is InChI=1S/C20H21N3O2/c1-4-11-25-20(24)18-19(22-15-10-9-13(2)12-14(15)3)23-17-8-6-5-7-16(17)21-18/h5-10,12H,4,11H2,1-3H3,(H,22,23). The van der Waals surface area contributed by atoms with Gasteiger partial charge in [0.2, 0.25) is 0 Å². The number of rotatable bonds is 5. The molecule has 0 unspecified atom stereocenters. The quantitative estimate of drug-likeness (QED) is 0.693. The summed E-state index contributed by atoms with van der Waals surface area (Å²) < 4.78 is 5.27. The SMILES string of the molecule is CCCOC(=O)c1nc2ccccc2nc1Nc1ccc(C)cc1C. The summed E-state index contributed by atoms with van der Waals surface area (Å²) in [4.78, 5) is 21.5. The van der Waals surface area contributed by atoms with Crippen LogP contribution in [0.5, 0.6) is 0 Å². The number of hydrogen-bond acceptors (Lipinski definition) is 5. The summed E-state index contributed by atoms with van der Waals surface area (Å²) in [6, 6.07) is 13.5. The second-order valence-corrected chi connectivity index (χ2v) is 5.99. The zero-order valence-electron chi connectivity index (χ0n) is 14.7. The van der Waals surface area contributed by atoms with Crippen LogP contribution in [-0.2, 0) is 4.74 Å². The first-order chi connectivity index (χ1) is 12.1. The molecule has 1 aromatic heterocycles. The van der Waals surface area contributed by atoms with Gasteiger partial charge in [0.05, 0.1) is 17.6 Å². The van der Waals surface area contributed by atoms with Crippen molar-refractivity contribution in [1.29, 1.82) is 0 Å². The Morgan fingerprint density at radius 1 is 1.08 bits per heavy atom. The van der Waals surface area contributed by atoms with E-state index in [4.69, 9.17) is 4.74 Å². The number of nitrogens with zero attached hydrogens (tertiary/aromatic N) is 2. The van der Waals surface area contributed by atoms with Gasteiger partial charge in [-0.05, 0) is 44.0 Å². The Kier molecular flexibility index (Phi) is 4.93. The van der Waals surface area contributed by atoms with E-state index in [0.717, 1.165) is 23.2 Å². The Morgan fingerprint density at radius 3 is 2.48 bits per heavy atom. The molecule has 2 aromatic carbocycles. The van der Waals surface area contributed by atoms with Crippen molar-refractivity contribution in [3.05, 3.63) is 59.3 Å². The molecule has 3 aromatic rings. The number of aromatic nitrogens is 2. The summed E-state index contributed by atoms with van der Waals surface area (Å²) in [5, 5.41) is 3.24. The molecule has 0 spiro atoms. The van der Waals surface area contributed by atoms with Crippen LogP contribution in [0.4, 0.5) is 11.5 Å². The molecule has 0 aliphatic rings. The summed E-state index contributed by atoms with van der Waals surface area (Å²) in [7, 11) is 0. The van der Waals surface area contributed by atoms with Crippen molar-refractivity contribution in [3.8, 4) is 0 Å². The molecule has 0 amide bonds. The molecule has 1 N–H and O–H groups in total. The average Bonchev–Trinajstić information content (AvgIpc) is 2.61. The van der Waals surface area contributed by atoms with Crippen molar-refractivity contribution in [2.75, 3.05) is 11.9 Å². The molecule has 5 heteroatoms. The highest BCUT2D eigenvalue weighted by Crippen LogP contribution is 2.24. The molecule has 3 rings (SSSR count). The maximum absolute atomic E-state index is 12.4. The molecule has 0 saturated carbocycles. The summed E-state index contributed by atoms with van der Waals surface area (Å²) in [5.41, 5.74) is 4.73. The maximum Gasteiger partial charge on any atom is 0.360 e. The van der Waals surface area contributed by atoms with E-state index in [1.807, 2.05) is 57.2 Å². The molecular weight excluding hydrogens is 314 g/mol. The molecule has 0 aliphatic carbocycles. The number of ether oxygens (including phenoxy) is 1. The molecule has 0 bridgehead atoms. The minimum absolute atomic E-state index is 0.201. The van der Waals surface area contributed by atoms with Crippen LogP contribution in [-0.4, -0.2) is 22.5 Å². The fourth-order valence-electron chi connectivity index (χ4n) is 2.57. The van der Waals surface area contributed by atoms with Crippen LogP contribution in [0.2, 0.25) is 0 Å². The lowest BCUT2D eigenvalue weighted by Gasteiger charge is -2.13. The molecule has 5 nitrogen and oxygen atoms in total. The van der Waals surface area contributed by atoms with Gasteiger partial charge in [-0.25, -0.2) is 14.8 Å². The van der Waals surface area contributed by atoms with Gasteiger partial charge in [0.1, 0.15) is 0 Å². The van der Waals surface area contributed by atoms with Gasteiger partial charge >= 0.3 is 5.97 Å². The third-order valence-electron chi connectivity index (χ3n) is 3.84. The lowest BCUT2D eigenvalue weighted by Crippen LogP contribution is -2.13. The van der Waals surface area contributed by atoms with E-state index in [9.17, 15) is 4.79 Å². The highest BCUT2D eigenvalue weighted by atomic mass is 16.5. The minimum Gasteiger partial charge on any atom is -0.461 e. The Balaban J connectivity index is 2.05. The van der Waals surface area contributed by atoms with Crippen LogP contribution < -0.4 is 5.32 Å². The van der Waals surface area contributed by atoms with Gasteiger partial charge in [-0.15, -0.1) is 0 Å². The number of anilines is 2. The molecule has 25 heavy (non-hydrogen) atoms. The van der Waals surface area contributed by atoms with Gasteiger partial charge in [-0.1, -0.05) is 36.8 Å². The van der Waals surface area contributed by atoms with Crippen molar-refractivity contribution in [2.24, 2.45) is 0 Å². The number of benzene rings is 2. The van der Waals surface area contributed by atoms with Crippen LogP contribution in [0, 0.1) is 13.8 Å². The van der Waals surface area contributed by atoms with Crippen molar-refractivity contribution in [1.82, 2.24) is 9.97 Å². The van der Waals surface area contributed by atoms with Gasteiger partial charge in [-0.3, -0.25) is 0 Å². The predicted molar refractivity (Wildman–Crippen MR) is 99.3 cm³/mol. The van der Waals surface area contributed by atoms with Crippen molar-refractivity contribution in [3.63, 3.8) is 0 Å². The molecule has 0 saturated heterocycles. The first-order valence-corrected chi connectivity index (χ1v) is 8.36. The summed E-state index contributed by atoms with van der Waals surface area (Å²) in [6.07, 6.45) is 0.757. The summed E-state index contributed by atoms with van der Waals surface area (Å²) in [5.74, 6) is -0.0564. The van der Waals surface area contributed by atoms with Crippen molar-refractivity contribution < 1.29 is 9.53 Å². The average molecular weight is 335 g/mol. The van der Waals surface area contributed by atoms with Crippen LogP contribution in [0.3, 0.4) is 0 Å². The molecular formula is C20H21N3O2. The fraction of sp³-hybridized carbons (Fsp3) is 0.250. The second kappa shape index (κ2) is 7.30. The van der Waals surface area contributed by atoms with Crippen LogP contribution >= 0.6 is 0 Å². The van der Waals surface area contributed by atoms with Gasteiger partial charge in [0, 0.05) is 5.69 Å². The van der Waals surface area contributed by atoms with Crippen LogP contribution in [0.1, 0.15) is 35.0 Å². The fourth-order valence-corrected chi connectivity index (χ4v) is 2.57. The van der Waals surface area contributed by atoms with E-state index >= 15 is 0 Å². The molecule has 0 atom stereocenters. The number of para-hydroxylation sites is 2. The highest BCUT2D eigenvalue weighted by Gasteiger charge is 2.18. The van der Waals surface area contributed by atoms with E-state index in [1.165, 1.54) is 5.56 Å². The lowest BCUT2D eigenvalue weighted by molar-refractivity contribution is 0.0499. The predicted octanol–water partition coefficient (Wildman–Crippen LogP) is 4.56. The van der Waals surface area contributed by atoms with E-state index in [0.29, 0.717) is 17.9 Å².